The van der Waals surface area contributed by atoms with Gasteiger partial charge >= 0.3 is 0 Å². The Hall–Kier alpha value is -0.650. The zero-order chi connectivity index (χ0) is 14.7. The van der Waals surface area contributed by atoms with Gasteiger partial charge in [-0.25, -0.2) is 4.98 Å². The average molecular weight is 309 g/mol. The quantitative estimate of drug-likeness (QED) is 0.712. The molecule has 0 amide bonds. The maximum absolute atomic E-state index is 5.09. The number of hydrogen-bond donors (Lipinski definition) is 1. The van der Waals surface area contributed by atoms with E-state index in [0.29, 0.717) is 0 Å². The third-order valence-electron chi connectivity index (χ3n) is 4.53. The molecule has 21 heavy (non-hydrogen) atoms. The minimum atomic E-state index is 0.728. The Morgan fingerprint density at radius 2 is 2.14 bits per heavy atom. The smallest absolute Gasteiger partial charge is 0.185 e. The first-order valence-corrected chi connectivity index (χ1v) is 9.00. The van der Waals surface area contributed by atoms with E-state index in [2.05, 4.69) is 17.3 Å². The van der Waals surface area contributed by atoms with Crippen molar-refractivity contribution in [3.8, 4) is 0 Å². The second-order valence-corrected chi connectivity index (χ2v) is 7.49. The second kappa shape index (κ2) is 7.07. The van der Waals surface area contributed by atoms with Crippen molar-refractivity contribution >= 4 is 16.5 Å². The highest BCUT2D eigenvalue weighted by Crippen LogP contribution is 2.44. The van der Waals surface area contributed by atoms with E-state index in [1.165, 1.54) is 54.4 Å². The summed E-state index contributed by atoms with van der Waals surface area (Å²) in [7, 11) is 3.95. The molecule has 0 bridgehead atoms. The third kappa shape index (κ3) is 3.96. The van der Waals surface area contributed by atoms with Crippen LogP contribution in [-0.4, -0.2) is 38.8 Å². The zero-order valence-corrected chi connectivity index (χ0v) is 14.0. The number of rotatable bonds is 9. The number of aromatic nitrogens is 1. The van der Waals surface area contributed by atoms with Gasteiger partial charge in [0, 0.05) is 44.6 Å². The summed E-state index contributed by atoms with van der Waals surface area (Å²) in [5.41, 5.74) is 1.36. The Morgan fingerprint density at radius 1 is 1.33 bits per heavy atom. The van der Waals surface area contributed by atoms with E-state index in [0.717, 1.165) is 31.5 Å². The molecule has 2 fully saturated rings. The van der Waals surface area contributed by atoms with Gasteiger partial charge in [0.1, 0.15) is 0 Å². The molecule has 3 rings (SSSR count). The van der Waals surface area contributed by atoms with E-state index >= 15 is 0 Å². The highest BCUT2D eigenvalue weighted by Gasteiger charge is 2.30. The van der Waals surface area contributed by atoms with Gasteiger partial charge in [-0.3, -0.25) is 0 Å². The van der Waals surface area contributed by atoms with Crippen LogP contribution in [0.3, 0.4) is 0 Å². The number of methoxy groups -OCH3 is 1. The van der Waals surface area contributed by atoms with Gasteiger partial charge in [0.25, 0.3) is 0 Å². The molecule has 1 heterocycles. The minimum absolute atomic E-state index is 0.728. The molecule has 0 saturated heterocycles. The predicted octanol–water partition coefficient (Wildman–Crippen LogP) is 2.99. The van der Waals surface area contributed by atoms with Gasteiger partial charge in [-0.2, -0.15) is 0 Å². The average Bonchev–Trinajstić information content (AvgIpc) is 3.19. The van der Waals surface area contributed by atoms with Crippen LogP contribution >= 0.6 is 11.3 Å². The standard InChI is InChI=1S/C16H27N3OS/c1-19(11-12-4-3-5-12)16-18-15(13-6-7-13)14(21-16)10-17-8-9-20-2/h12-13,17H,3-11H2,1-2H3. The summed E-state index contributed by atoms with van der Waals surface area (Å²) >= 11 is 1.88. The van der Waals surface area contributed by atoms with E-state index in [9.17, 15) is 0 Å². The molecule has 1 aromatic rings. The van der Waals surface area contributed by atoms with E-state index in [-0.39, 0.29) is 0 Å². The lowest BCUT2D eigenvalue weighted by Crippen LogP contribution is -2.29. The number of nitrogens with zero attached hydrogens (tertiary/aromatic N) is 2. The van der Waals surface area contributed by atoms with Crippen LogP contribution in [0.1, 0.15) is 48.6 Å². The molecule has 1 aromatic heterocycles. The Morgan fingerprint density at radius 3 is 2.76 bits per heavy atom. The predicted molar refractivity (Wildman–Crippen MR) is 88.3 cm³/mol. The van der Waals surface area contributed by atoms with Crippen LogP contribution in [-0.2, 0) is 11.3 Å². The molecule has 2 saturated carbocycles. The summed E-state index contributed by atoms with van der Waals surface area (Å²) in [4.78, 5) is 8.76. The Kier molecular flexibility index (Phi) is 5.14. The third-order valence-corrected chi connectivity index (χ3v) is 5.72. The molecule has 2 aliphatic rings. The summed E-state index contributed by atoms with van der Waals surface area (Å²) in [6.45, 7) is 3.79. The molecule has 0 unspecified atom stereocenters. The minimum Gasteiger partial charge on any atom is -0.383 e. The highest BCUT2D eigenvalue weighted by molar-refractivity contribution is 7.15. The molecule has 118 valence electrons. The summed E-state index contributed by atoms with van der Waals surface area (Å²) in [6, 6.07) is 0. The van der Waals surface area contributed by atoms with Crippen LogP contribution in [0.2, 0.25) is 0 Å². The summed E-state index contributed by atoms with van der Waals surface area (Å²) in [5.74, 6) is 1.62. The molecule has 0 radical (unpaired) electrons. The molecule has 1 N–H and O–H groups in total. The van der Waals surface area contributed by atoms with Crippen LogP contribution in [0.4, 0.5) is 5.13 Å². The molecule has 0 aromatic carbocycles. The van der Waals surface area contributed by atoms with Crippen LogP contribution in [0, 0.1) is 5.92 Å². The van der Waals surface area contributed by atoms with Gasteiger partial charge in [-0.15, -0.1) is 11.3 Å². The molecule has 5 heteroatoms. The summed E-state index contributed by atoms with van der Waals surface area (Å²) in [5, 5.41) is 4.68. The maximum atomic E-state index is 5.09. The lowest BCUT2D eigenvalue weighted by molar-refractivity contribution is 0.199. The zero-order valence-electron chi connectivity index (χ0n) is 13.2. The second-order valence-electron chi connectivity index (χ2n) is 6.43. The van der Waals surface area contributed by atoms with Crippen molar-refractivity contribution in [2.24, 2.45) is 5.92 Å². The molecule has 0 spiro atoms. The lowest BCUT2D eigenvalue weighted by Gasteiger charge is -2.29. The van der Waals surface area contributed by atoms with Gasteiger partial charge in [-0.05, 0) is 31.6 Å². The fourth-order valence-corrected chi connectivity index (χ4v) is 3.92. The van der Waals surface area contributed by atoms with Crippen molar-refractivity contribution in [2.75, 3.05) is 38.8 Å². The van der Waals surface area contributed by atoms with Gasteiger partial charge in [0.05, 0.1) is 12.3 Å². The molecule has 2 aliphatic carbocycles. The summed E-state index contributed by atoms with van der Waals surface area (Å²) in [6.07, 6.45) is 6.85. The van der Waals surface area contributed by atoms with Crippen molar-refractivity contribution in [2.45, 2.75) is 44.6 Å². The monoisotopic (exact) mass is 309 g/mol. The highest BCUT2D eigenvalue weighted by atomic mass is 32.1. The molecule has 4 nitrogen and oxygen atoms in total. The van der Waals surface area contributed by atoms with Gasteiger partial charge in [0.2, 0.25) is 0 Å². The lowest BCUT2D eigenvalue weighted by atomic mass is 9.85. The van der Waals surface area contributed by atoms with E-state index < -0.39 is 0 Å². The first-order valence-electron chi connectivity index (χ1n) is 8.18. The van der Waals surface area contributed by atoms with Gasteiger partial charge in [0.15, 0.2) is 5.13 Å². The topological polar surface area (TPSA) is 37.4 Å². The normalized spacial score (nSPS) is 18.8. The number of hydrogen-bond acceptors (Lipinski definition) is 5. The van der Waals surface area contributed by atoms with Crippen LogP contribution < -0.4 is 10.2 Å². The first kappa shape index (κ1) is 15.3. The largest absolute Gasteiger partial charge is 0.383 e. The molecule has 0 aliphatic heterocycles. The van der Waals surface area contributed by atoms with Crippen LogP contribution in [0.25, 0.3) is 0 Å². The van der Waals surface area contributed by atoms with Crippen molar-refractivity contribution in [3.05, 3.63) is 10.6 Å². The van der Waals surface area contributed by atoms with Crippen molar-refractivity contribution in [1.29, 1.82) is 0 Å². The molecule has 0 atom stereocenters. The van der Waals surface area contributed by atoms with Crippen molar-refractivity contribution < 1.29 is 4.74 Å². The number of thiazole rings is 1. The van der Waals surface area contributed by atoms with Crippen molar-refractivity contribution in [1.82, 2.24) is 10.3 Å². The van der Waals surface area contributed by atoms with E-state index in [1.54, 1.807) is 7.11 Å². The molecular weight excluding hydrogens is 282 g/mol. The molecular formula is C16H27N3OS. The van der Waals surface area contributed by atoms with Crippen LogP contribution in [0.15, 0.2) is 0 Å². The maximum Gasteiger partial charge on any atom is 0.185 e. The Bertz CT molecular complexity index is 454. The number of anilines is 1. The Labute approximate surface area is 131 Å². The van der Waals surface area contributed by atoms with E-state index in [1.807, 2.05) is 11.3 Å². The van der Waals surface area contributed by atoms with Gasteiger partial charge in [-0.1, -0.05) is 6.42 Å². The fourth-order valence-electron chi connectivity index (χ4n) is 2.83. The SMILES string of the molecule is COCCNCc1sc(N(C)CC2CCC2)nc1C1CC1. The van der Waals surface area contributed by atoms with Crippen molar-refractivity contribution in [3.63, 3.8) is 0 Å². The Balaban J connectivity index is 1.60. The fraction of sp³-hybridized carbons (Fsp3) is 0.812. The van der Waals surface area contributed by atoms with Crippen LogP contribution in [0.5, 0.6) is 0 Å². The first-order chi connectivity index (χ1) is 10.3. The summed E-state index contributed by atoms with van der Waals surface area (Å²) < 4.78 is 5.09. The number of nitrogens with one attached hydrogen (secondary N) is 1. The number of ether oxygens (including phenoxy) is 1. The van der Waals surface area contributed by atoms with E-state index in [4.69, 9.17) is 9.72 Å². The van der Waals surface area contributed by atoms with Gasteiger partial charge < -0.3 is 15.0 Å².